The quantitative estimate of drug-likeness (QED) is 0.240. The van der Waals surface area contributed by atoms with Gasteiger partial charge in [0, 0.05) is 18.0 Å². The van der Waals surface area contributed by atoms with Gasteiger partial charge in [-0.15, -0.1) is 0 Å². The van der Waals surface area contributed by atoms with Crippen molar-refractivity contribution in [2.24, 2.45) is 17.8 Å². The Morgan fingerprint density at radius 3 is 1.81 bits per heavy atom. The molecule has 0 atom stereocenters. The molecule has 0 bridgehead atoms. The predicted molar refractivity (Wildman–Crippen MR) is 159 cm³/mol. The summed E-state index contributed by atoms with van der Waals surface area (Å²) in [5, 5.41) is 0. The van der Waals surface area contributed by atoms with Gasteiger partial charge in [0.1, 0.15) is 0 Å². The molecule has 2 nitrogen and oxygen atoms in total. The highest BCUT2D eigenvalue weighted by Crippen LogP contribution is 2.38. The van der Waals surface area contributed by atoms with E-state index in [0.29, 0.717) is 0 Å². The van der Waals surface area contributed by atoms with Crippen LogP contribution < -0.4 is 0 Å². The Kier molecular flexibility index (Phi) is 12.0. The van der Waals surface area contributed by atoms with Crippen molar-refractivity contribution in [1.82, 2.24) is 9.97 Å². The zero-order valence-electron chi connectivity index (χ0n) is 24.1. The van der Waals surface area contributed by atoms with E-state index in [1.165, 1.54) is 127 Å². The van der Waals surface area contributed by atoms with Gasteiger partial charge in [-0.25, -0.2) is 9.97 Å². The largest absolute Gasteiger partial charge is 0.236 e. The number of hydrogen-bond acceptors (Lipinski definition) is 2. The summed E-state index contributed by atoms with van der Waals surface area (Å²) < 4.78 is 0. The summed E-state index contributed by atoms with van der Waals surface area (Å²) in [6.07, 6.45) is 30.8. The van der Waals surface area contributed by atoms with E-state index in [-0.39, 0.29) is 0 Å². The number of benzene rings is 1. The Hall–Kier alpha value is -1.70. The molecule has 1 aromatic carbocycles. The van der Waals surface area contributed by atoms with E-state index in [0.717, 1.165) is 41.5 Å². The van der Waals surface area contributed by atoms with Gasteiger partial charge in [0.05, 0.1) is 0 Å². The number of aromatic nitrogens is 2. The van der Waals surface area contributed by atoms with Gasteiger partial charge in [0.2, 0.25) is 0 Å². The summed E-state index contributed by atoms with van der Waals surface area (Å²) in [7, 11) is 0. The van der Waals surface area contributed by atoms with Crippen LogP contribution in [0.3, 0.4) is 0 Å². The Morgan fingerprint density at radius 1 is 0.595 bits per heavy atom. The first-order valence-corrected chi connectivity index (χ1v) is 16.2. The van der Waals surface area contributed by atoms with Crippen molar-refractivity contribution in [2.45, 2.75) is 142 Å². The highest BCUT2D eigenvalue weighted by atomic mass is 14.9. The molecule has 0 unspecified atom stereocenters. The molecule has 4 rings (SSSR count). The van der Waals surface area contributed by atoms with E-state index >= 15 is 0 Å². The second kappa shape index (κ2) is 15.6. The number of unbranched alkanes of at least 4 members (excludes halogenated alkanes) is 5. The molecule has 37 heavy (non-hydrogen) atoms. The van der Waals surface area contributed by atoms with Crippen molar-refractivity contribution in [3.8, 4) is 11.4 Å². The van der Waals surface area contributed by atoms with Crippen molar-refractivity contribution in [2.75, 3.05) is 0 Å². The summed E-state index contributed by atoms with van der Waals surface area (Å²) >= 11 is 0. The zero-order valence-corrected chi connectivity index (χ0v) is 24.1. The third-order valence-corrected chi connectivity index (χ3v) is 9.66. The van der Waals surface area contributed by atoms with Crippen LogP contribution in [0.2, 0.25) is 0 Å². The fourth-order valence-electron chi connectivity index (χ4n) is 7.12. The number of aryl methyl sites for hydroxylation is 1. The predicted octanol–water partition coefficient (Wildman–Crippen LogP) is 10.7. The first kappa shape index (κ1) is 28.3. The van der Waals surface area contributed by atoms with Crippen LogP contribution in [0.25, 0.3) is 11.4 Å². The van der Waals surface area contributed by atoms with Gasteiger partial charge < -0.3 is 0 Å². The first-order chi connectivity index (χ1) is 18.2. The third-order valence-electron chi connectivity index (χ3n) is 9.66. The van der Waals surface area contributed by atoms with Gasteiger partial charge in [-0.1, -0.05) is 122 Å². The summed E-state index contributed by atoms with van der Waals surface area (Å²) in [6.45, 7) is 4.63. The topological polar surface area (TPSA) is 25.8 Å². The fraction of sp³-hybridized carbons (Fsp3) is 0.714. The van der Waals surface area contributed by atoms with Crippen molar-refractivity contribution >= 4 is 0 Å². The molecule has 0 N–H and O–H groups in total. The van der Waals surface area contributed by atoms with Crippen LogP contribution in [0.15, 0.2) is 36.7 Å². The standard InChI is InChI=1S/C35H54N2/c1-3-5-6-7-8-9-11-29-12-14-30(15-13-29)16-17-31-26-36-35(37-27-31)34-24-22-33(23-25-34)32-20-18-28(10-4-2)19-21-32/h22-30,32H,3-21H2,1-2H3. The van der Waals surface area contributed by atoms with Crippen molar-refractivity contribution in [3.63, 3.8) is 0 Å². The zero-order chi connectivity index (χ0) is 25.7. The van der Waals surface area contributed by atoms with E-state index < -0.39 is 0 Å². The van der Waals surface area contributed by atoms with Crippen LogP contribution in [0.1, 0.15) is 146 Å². The van der Waals surface area contributed by atoms with E-state index in [1.807, 2.05) is 0 Å². The van der Waals surface area contributed by atoms with Gasteiger partial charge in [-0.3, -0.25) is 0 Å². The van der Waals surface area contributed by atoms with Gasteiger partial charge in [0.25, 0.3) is 0 Å². The lowest BCUT2D eigenvalue weighted by molar-refractivity contribution is 0.248. The highest BCUT2D eigenvalue weighted by Gasteiger charge is 2.22. The lowest BCUT2D eigenvalue weighted by atomic mass is 9.77. The molecular weight excluding hydrogens is 448 g/mol. The minimum Gasteiger partial charge on any atom is -0.236 e. The van der Waals surface area contributed by atoms with Crippen molar-refractivity contribution in [1.29, 1.82) is 0 Å². The minimum absolute atomic E-state index is 0.746. The molecule has 2 heteroatoms. The summed E-state index contributed by atoms with van der Waals surface area (Å²) in [6, 6.07) is 9.15. The number of nitrogens with zero attached hydrogens (tertiary/aromatic N) is 2. The number of rotatable bonds is 14. The molecule has 0 saturated heterocycles. The van der Waals surface area contributed by atoms with Crippen molar-refractivity contribution < 1.29 is 0 Å². The van der Waals surface area contributed by atoms with Crippen LogP contribution in [-0.4, -0.2) is 9.97 Å². The van der Waals surface area contributed by atoms with E-state index in [2.05, 4.69) is 50.5 Å². The monoisotopic (exact) mass is 502 g/mol. The molecule has 1 heterocycles. The van der Waals surface area contributed by atoms with Gasteiger partial charge in [0.15, 0.2) is 5.82 Å². The molecule has 2 aromatic rings. The normalized spacial score (nSPS) is 24.3. The minimum atomic E-state index is 0.746. The molecule has 204 valence electrons. The lowest BCUT2D eigenvalue weighted by Crippen LogP contribution is -2.15. The summed E-state index contributed by atoms with van der Waals surface area (Å²) in [5.41, 5.74) is 3.97. The van der Waals surface area contributed by atoms with E-state index in [1.54, 1.807) is 0 Å². The molecule has 2 aliphatic carbocycles. The molecule has 0 amide bonds. The van der Waals surface area contributed by atoms with Crippen LogP contribution >= 0.6 is 0 Å². The van der Waals surface area contributed by atoms with Crippen LogP contribution in [0.5, 0.6) is 0 Å². The first-order valence-electron chi connectivity index (χ1n) is 16.2. The van der Waals surface area contributed by atoms with Crippen LogP contribution in [-0.2, 0) is 6.42 Å². The molecule has 0 radical (unpaired) electrons. The SMILES string of the molecule is CCCCCCCCC1CCC(CCc2cnc(-c3ccc(C4CCC(CCC)CC4)cc3)nc2)CC1. The van der Waals surface area contributed by atoms with Gasteiger partial charge >= 0.3 is 0 Å². The van der Waals surface area contributed by atoms with E-state index in [9.17, 15) is 0 Å². The average Bonchev–Trinajstić information content (AvgIpc) is 2.95. The van der Waals surface area contributed by atoms with Crippen LogP contribution in [0, 0.1) is 17.8 Å². The molecule has 0 aliphatic heterocycles. The Labute approximate surface area is 228 Å². The summed E-state index contributed by atoms with van der Waals surface area (Å²) in [4.78, 5) is 9.49. The van der Waals surface area contributed by atoms with Gasteiger partial charge in [-0.05, 0) is 73.3 Å². The van der Waals surface area contributed by atoms with Gasteiger partial charge in [-0.2, -0.15) is 0 Å². The Balaban J connectivity index is 1.15. The smallest absolute Gasteiger partial charge is 0.159 e. The fourth-order valence-corrected chi connectivity index (χ4v) is 7.12. The maximum Gasteiger partial charge on any atom is 0.159 e. The van der Waals surface area contributed by atoms with E-state index in [4.69, 9.17) is 9.97 Å². The second-order valence-electron chi connectivity index (χ2n) is 12.5. The maximum absolute atomic E-state index is 4.75. The van der Waals surface area contributed by atoms with Crippen LogP contribution in [0.4, 0.5) is 0 Å². The highest BCUT2D eigenvalue weighted by molar-refractivity contribution is 5.55. The third kappa shape index (κ3) is 9.22. The average molecular weight is 503 g/mol. The lowest BCUT2D eigenvalue weighted by Gasteiger charge is -2.28. The second-order valence-corrected chi connectivity index (χ2v) is 12.5. The molecule has 1 aromatic heterocycles. The summed E-state index contributed by atoms with van der Waals surface area (Å²) in [5.74, 6) is 4.50. The maximum atomic E-state index is 4.75. The molecular formula is C35H54N2. The molecule has 2 fully saturated rings. The molecule has 0 spiro atoms. The molecule has 2 saturated carbocycles. The molecule has 2 aliphatic rings. The Morgan fingerprint density at radius 2 is 1.16 bits per heavy atom. The van der Waals surface area contributed by atoms with Crippen molar-refractivity contribution in [3.05, 3.63) is 47.8 Å². The Bertz CT molecular complexity index is 855. The number of hydrogen-bond donors (Lipinski definition) is 0.